The quantitative estimate of drug-likeness (QED) is 0.636. The van der Waals surface area contributed by atoms with Crippen LogP contribution in [0.5, 0.6) is 0 Å². The van der Waals surface area contributed by atoms with Gasteiger partial charge in [-0.1, -0.05) is 33.1 Å². The van der Waals surface area contributed by atoms with Gasteiger partial charge in [-0.3, -0.25) is 0 Å². The predicted octanol–water partition coefficient (Wildman–Crippen LogP) is 3.34. The molecule has 2 nitrogen and oxygen atoms in total. The van der Waals surface area contributed by atoms with Gasteiger partial charge in [-0.15, -0.1) is 0 Å². The Balaban J connectivity index is 0.000000791. The maximum Gasteiger partial charge on any atom is 0.131 e. The molecule has 0 aromatic carbocycles. The molecule has 0 saturated heterocycles. The molecule has 1 rings (SSSR count). The molecule has 0 amide bonds. The van der Waals surface area contributed by atoms with Crippen molar-refractivity contribution in [2.45, 2.75) is 33.3 Å². The molecule has 1 aliphatic rings. The number of allylic oxidation sites excluding steroid dienone is 1. The molecule has 2 heteroatoms. The Labute approximate surface area is 86.2 Å². The Hall–Kier alpha value is -1.49. The minimum absolute atomic E-state index is 0.442. The van der Waals surface area contributed by atoms with Gasteiger partial charge in [-0.2, -0.15) is 5.26 Å². The maximum absolute atomic E-state index is 8.77. The van der Waals surface area contributed by atoms with Crippen LogP contribution in [0.15, 0.2) is 36.1 Å². The first-order valence-electron chi connectivity index (χ1n) is 4.68. The van der Waals surface area contributed by atoms with E-state index < -0.39 is 5.60 Å². The van der Waals surface area contributed by atoms with Crippen molar-refractivity contribution in [3.05, 3.63) is 36.1 Å². The molecule has 0 aromatic heterocycles. The van der Waals surface area contributed by atoms with E-state index in [-0.39, 0.29) is 0 Å². The van der Waals surface area contributed by atoms with Gasteiger partial charge in [0.2, 0.25) is 0 Å². The molecule has 0 atom stereocenters. The van der Waals surface area contributed by atoms with Crippen LogP contribution in [0.25, 0.3) is 0 Å². The zero-order valence-electron chi connectivity index (χ0n) is 9.35. The Morgan fingerprint density at radius 3 is 2.21 bits per heavy atom. The van der Waals surface area contributed by atoms with Crippen LogP contribution in [0.3, 0.4) is 0 Å². The lowest BCUT2D eigenvalue weighted by Gasteiger charge is -2.19. The maximum atomic E-state index is 8.77. The van der Waals surface area contributed by atoms with Crippen molar-refractivity contribution in [1.29, 1.82) is 5.26 Å². The summed E-state index contributed by atoms with van der Waals surface area (Å²) in [5, 5.41) is 8.77. The third kappa shape index (κ3) is 2.05. The van der Waals surface area contributed by atoms with E-state index >= 15 is 0 Å². The van der Waals surface area contributed by atoms with Gasteiger partial charge in [0.1, 0.15) is 23.0 Å². The number of rotatable bonds is 1. The summed E-state index contributed by atoms with van der Waals surface area (Å²) in [5.41, 5.74) is 0.870. The van der Waals surface area contributed by atoms with Crippen LogP contribution in [0.4, 0.5) is 0 Å². The monoisotopic (exact) mass is 191 g/mol. The van der Waals surface area contributed by atoms with E-state index in [4.69, 9.17) is 10.00 Å². The van der Waals surface area contributed by atoms with Crippen LogP contribution < -0.4 is 0 Å². The summed E-state index contributed by atoms with van der Waals surface area (Å²) in [7, 11) is 0. The summed E-state index contributed by atoms with van der Waals surface area (Å²) >= 11 is 0. The normalized spacial score (nSPS) is 17.8. The molecule has 1 aliphatic heterocycles. The predicted molar refractivity (Wildman–Crippen MR) is 58.5 cm³/mol. The zero-order chi connectivity index (χ0) is 11.4. The lowest BCUT2D eigenvalue weighted by molar-refractivity contribution is 0.0971. The van der Waals surface area contributed by atoms with Gasteiger partial charge < -0.3 is 4.74 Å². The lowest BCUT2D eigenvalue weighted by atomic mass is 9.96. The fourth-order valence-corrected chi connectivity index (χ4v) is 1.34. The van der Waals surface area contributed by atoms with Gasteiger partial charge in [0.05, 0.1) is 0 Å². The van der Waals surface area contributed by atoms with Crippen molar-refractivity contribution in [2.24, 2.45) is 0 Å². The molecule has 0 saturated carbocycles. The molecule has 0 aromatic rings. The minimum Gasteiger partial charge on any atom is -0.482 e. The highest BCUT2D eigenvalue weighted by Crippen LogP contribution is 2.37. The summed E-state index contributed by atoms with van der Waals surface area (Å²) < 4.78 is 5.39. The molecule has 0 unspecified atom stereocenters. The highest BCUT2D eigenvalue weighted by Gasteiger charge is 2.35. The second-order valence-corrected chi connectivity index (χ2v) is 3.14. The molecule has 0 aliphatic carbocycles. The van der Waals surface area contributed by atoms with Gasteiger partial charge in [-0.25, -0.2) is 0 Å². The van der Waals surface area contributed by atoms with Crippen molar-refractivity contribution >= 4 is 0 Å². The van der Waals surface area contributed by atoms with Gasteiger partial charge in [0.25, 0.3) is 0 Å². The molecule has 0 spiro atoms. The Kier molecular flexibility index (Phi) is 4.17. The van der Waals surface area contributed by atoms with Gasteiger partial charge in [-0.05, 0) is 13.8 Å². The van der Waals surface area contributed by atoms with Gasteiger partial charge in [0.15, 0.2) is 0 Å². The molecular formula is C12H17NO. The van der Waals surface area contributed by atoms with E-state index in [1.165, 1.54) is 0 Å². The summed E-state index contributed by atoms with van der Waals surface area (Å²) in [4.78, 5) is 0. The van der Waals surface area contributed by atoms with Crippen LogP contribution in [0, 0.1) is 11.3 Å². The van der Waals surface area contributed by atoms with E-state index in [9.17, 15) is 0 Å². The SMILES string of the molecule is C=CC1=C(C#N)C(=C)OC1(C)C.CC. The first-order valence-corrected chi connectivity index (χ1v) is 4.68. The molecule has 1 heterocycles. The van der Waals surface area contributed by atoms with E-state index in [0.717, 1.165) is 5.57 Å². The summed E-state index contributed by atoms with van der Waals surface area (Å²) in [6.07, 6.45) is 1.65. The second-order valence-electron chi connectivity index (χ2n) is 3.14. The van der Waals surface area contributed by atoms with Crippen LogP contribution in [0.1, 0.15) is 27.7 Å². The van der Waals surface area contributed by atoms with Crippen LogP contribution in [0.2, 0.25) is 0 Å². The van der Waals surface area contributed by atoms with E-state index in [1.54, 1.807) is 6.08 Å². The van der Waals surface area contributed by atoms with Crippen LogP contribution in [-0.2, 0) is 4.74 Å². The molecule has 0 radical (unpaired) electrons. The third-order valence-electron chi connectivity index (χ3n) is 1.89. The van der Waals surface area contributed by atoms with Crippen molar-refractivity contribution in [2.75, 3.05) is 0 Å². The average molecular weight is 191 g/mol. The number of nitriles is 1. The summed E-state index contributed by atoms with van der Waals surface area (Å²) in [5.74, 6) is 0.442. The molecule has 14 heavy (non-hydrogen) atoms. The number of nitrogens with zero attached hydrogens (tertiary/aromatic N) is 1. The fraction of sp³-hybridized carbons (Fsp3) is 0.417. The zero-order valence-corrected chi connectivity index (χ0v) is 9.35. The smallest absolute Gasteiger partial charge is 0.131 e. The number of hydrogen-bond donors (Lipinski definition) is 0. The largest absolute Gasteiger partial charge is 0.482 e. The van der Waals surface area contributed by atoms with Crippen molar-refractivity contribution in [1.82, 2.24) is 0 Å². The minimum atomic E-state index is -0.454. The van der Waals surface area contributed by atoms with E-state index in [2.05, 4.69) is 19.2 Å². The van der Waals surface area contributed by atoms with E-state index in [0.29, 0.717) is 11.3 Å². The lowest BCUT2D eigenvalue weighted by Crippen LogP contribution is -2.20. The van der Waals surface area contributed by atoms with Crippen molar-refractivity contribution < 1.29 is 4.74 Å². The molecule has 76 valence electrons. The first-order chi connectivity index (χ1) is 6.53. The number of hydrogen-bond acceptors (Lipinski definition) is 2. The third-order valence-corrected chi connectivity index (χ3v) is 1.89. The van der Waals surface area contributed by atoms with Crippen molar-refractivity contribution in [3.63, 3.8) is 0 Å². The van der Waals surface area contributed by atoms with Gasteiger partial charge in [0, 0.05) is 5.57 Å². The Bertz CT molecular complexity index is 316. The molecule has 0 bridgehead atoms. The summed E-state index contributed by atoms with van der Waals surface area (Å²) in [6.45, 7) is 15.1. The highest BCUT2D eigenvalue weighted by atomic mass is 16.5. The topological polar surface area (TPSA) is 33.0 Å². The standard InChI is InChI=1S/C10H11NO.C2H6/c1-5-9-8(6-11)7(2)12-10(9,3)4;1-2/h5H,1-2H2,3-4H3;1-2H3. The Morgan fingerprint density at radius 2 is 1.93 bits per heavy atom. The molecule has 0 fully saturated rings. The van der Waals surface area contributed by atoms with Crippen molar-refractivity contribution in [3.8, 4) is 6.07 Å². The summed E-state index contributed by atoms with van der Waals surface area (Å²) in [6, 6.07) is 2.05. The first kappa shape index (κ1) is 12.5. The van der Waals surface area contributed by atoms with Crippen LogP contribution in [-0.4, -0.2) is 5.60 Å². The fourth-order valence-electron chi connectivity index (χ4n) is 1.34. The Morgan fingerprint density at radius 1 is 1.43 bits per heavy atom. The molecule has 0 N–H and O–H groups in total. The highest BCUT2D eigenvalue weighted by molar-refractivity contribution is 5.52. The number of ether oxygens (including phenoxy) is 1. The van der Waals surface area contributed by atoms with E-state index in [1.807, 2.05) is 27.7 Å². The second kappa shape index (κ2) is 4.66. The average Bonchev–Trinajstić information content (AvgIpc) is 2.37. The van der Waals surface area contributed by atoms with Crippen LogP contribution >= 0.6 is 0 Å². The molecular weight excluding hydrogens is 174 g/mol. The van der Waals surface area contributed by atoms with Gasteiger partial charge >= 0.3 is 0 Å².